The molecule has 6 heteroatoms. The Labute approximate surface area is 148 Å². The topological polar surface area (TPSA) is 75.3 Å². The first-order chi connectivity index (χ1) is 11.8. The first-order valence-electron chi connectivity index (χ1n) is 8.28. The van der Waals surface area contributed by atoms with Crippen molar-refractivity contribution in [2.75, 3.05) is 10.0 Å². The average Bonchev–Trinajstić information content (AvgIpc) is 3.36. The molecule has 5 nitrogen and oxygen atoms in total. The molecule has 1 amide bonds. The molecule has 1 aliphatic carbocycles. The SMILES string of the molecule is Cc1ccc(NS(=O)(=O)c2cc(NC(=O)C3CC3)ccc2C)c(C)c1. The van der Waals surface area contributed by atoms with Crippen LogP contribution in [0.25, 0.3) is 0 Å². The van der Waals surface area contributed by atoms with Crippen LogP contribution in [0, 0.1) is 26.7 Å². The lowest BCUT2D eigenvalue weighted by Gasteiger charge is -2.14. The molecule has 132 valence electrons. The molecule has 2 N–H and O–H groups in total. The molecule has 2 aromatic rings. The Balaban J connectivity index is 1.88. The number of aryl methyl sites for hydroxylation is 3. The molecule has 0 aromatic heterocycles. The molecule has 0 radical (unpaired) electrons. The predicted molar refractivity (Wildman–Crippen MR) is 99.3 cm³/mol. The van der Waals surface area contributed by atoms with Gasteiger partial charge in [0.15, 0.2) is 0 Å². The maximum absolute atomic E-state index is 12.8. The summed E-state index contributed by atoms with van der Waals surface area (Å²) in [5.41, 5.74) is 3.61. The van der Waals surface area contributed by atoms with E-state index in [-0.39, 0.29) is 16.7 Å². The van der Waals surface area contributed by atoms with Gasteiger partial charge < -0.3 is 5.32 Å². The minimum Gasteiger partial charge on any atom is -0.326 e. The zero-order valence-electron chi connectivity index (χ0n) is 14.6. The van der Waals surface area contributed by atoms with Crippen LogP contribution in [0.4, 0.5) is 11.4 Å². The number of carbonyl (C=O) groups excluding carboxylic acids is 1. The summed E-state index contributed by atoms with van der Waals surface area (Å²) in [5, 5.41) is 2.80. The van der Waals surface area contributed by atoms with E-state index in [1.807, 2.05) is 26.0 Å². The highest BCUT2D eigenvalue weighted by atomic mass is 32.2. The predicted octanol–water partition coefficient (Wildman–Crippen LogP) is 3.76. The van der Waals surface area contributed by atoms with E-state index in [0.29, 0.717) is 16.9 Å². The maximum Gasteiger partial charge on any atom is 0.262 e. The Morgan fingerprint density at radius 2 is 1.72 bits per heavy atom. The summed E-state index contributed by atoms with van der Waals surface area (Å²) in [5.74, 6) is 0.0178. The minimum atomic E-state index is -3.74. The normalized spacial score (nSPS) is 14.2. The number of carbonyl (C=O) groups is 1. The number of amides is 1. The monoisotopic (exact) mass is 358 g/mol. The van der Waals surface area contributed by atoms with Crippen LogP contribution in [-0.4, -0.2) is 14.3 Å². The van der Waals surface area contributed by atoms with Gasteiger partial charge in [-0.3, -0.25) is 9.52 Å². The second-order valence-corrected chi connectivity index (χ2v) is 8.32. The molecule has 2 aromatic carbocycles. The van der Waals surface area contributed by atoms with Gasteiger partial charge in [0.1, 0.15) is 0 Å². The van der Waals surface area contributed by atoms with Crippen LogP contribution >= 0.6 is 0 Å². The second-order valence-electron chi connectivity index (χ2n) is 6.67. The van der Waals surface area contributed by atoms with Gasteiger partial charge >= 0.3 is 0 Å². The Kier molecular flexibility index (Phi) is 4.56. The number of nitrogens with one attached hydrogen (secondary N) is 2. The van der Waals surface area contributed by atoms with Crippen LogP contribution in [0.5, 0.6) is 0 Å². The first kappa shape index (κ1) is 17.5. The molecule has 0 spiro atoms. The summed E-state index contributed by atoms with van der Waals surface area (Å²) >= 11 is 0. The van der Waals surface area contributed by atoms with Crippen LogP contribution in [0.3, 0.4) is 0 Å². The van der Waals surface area contributed by atoms with Crippen molar-refractivity contribution in [1.82, 2.24) is 0 Å². The maximum atomic E-state index is 12.8. The van der Waals surface area contributed by atoms with Crippen molar-refractivity contribution in [3.8, 4) is 0 Å². The molecular formula is C19H22N2O3S. The van der Waals surface area contributed by atoms with E-state index in [9.17, 15) is 13.2 Å². The zero-order valence-corrected chi connectivity index (χ0v) is 15.4. The van der Waals surface area contributed by atoms with Crippen LogP contribution < -0.4 is 10.0 Å². The molecule has 1 fully saturated rings. The van der Waals surface area contributed by atoms with Gasteiger partial charge in [-0.25, -0.2) is 8.42 Å². The highest BCUT2D eigenvalue weighted by Crippen LogP contribution is 2.31. The number of hydrogen-bond donors (Lipinski definition) is 2. The van der Waals surface area contributed by atoms with Crippen molar-refractivity contribution < 1.29 is 13.2 Å². The lowest BCUT2D eigenvalue weighted by atomic mass is 10.1. The summed E-state index contributed by atoms with van der Waals surface area (Å²) in [6.45, 7) is 5.56. The van der Waals surface area contributed by atoms with Gasteiger partial charge in [0, 0.05) is 11.6 Å². The van der Waals surface area contributed by atoms with Crippen molar-refractivity contribution in [1.29, 1.82) is 0 Å². The van der Waals surface area contributed by atoms with E-state index in [4.69, 9.17) is 0 Å². The standard InChI is InChI=1S/C19H22N2O3S/c1-12-4-9-17(14(3)10-12)21-25(23,24)18-11-16(8-5-13(18)2)20-19(22)15-6-7-15/h4-5,8-11,15,21H,6-7H2,1-3H3,(H,20,22). The number of hydrogen-bond acceptors (Lipinski definition) is 3. The van der Waals surface area contributed by atoms with Crippen LogP contribution in [-0.2, 0) is 14.8 Å². The van der Waals surface area contributed by atoms with E-state index in [1.165, 1.54) is 6.07 Å². The quantitative estimate of drug-likeness (QED) is 0.854. The highest BCUT2D eigenvalue weighted by Gasteiger charge is 2.30. The smallest absolute Gasteiger partial charge is 0.262 e. The zero-order chi connectivity index (χ0) is 18.2. The third-order valence-electron chi connectivity index (χ3n) is 4.32. The lowest BCUT2D eigenvalue weighted by Crippen LogP contribution is -2.17. The third-order valence-corrected chi connectivity index (χ3v) is 5.83. The molecule has 1 aliphatic rings. The van der Waals surface area contributed by atoms with E-state index >= 15 is 0 Å². The van der Waals surface area contributed by atoms with Gasteiger partial charge in [-0.2, -0.15) is 0 Å². The van der Waals surface area contributed by atoms with Gasteiger partial charge in [0.2, 0.25) is 5.91 Å². The summed E-state index contributed by atoms with van der Waals surface area (Å²) < 4.78 is 28.3. The fourth-order valence-electron chi connectivity index (χ4n) is 2.69. The molecule has 25 heavy (non-hydrogen) atoms. The third kappa shape index (κ3) is 4.02. The molecule has 0 atom stereocenters. The number of rotatable bonds is 5. The van der Waals surface area contributed by atoms with Crippen molar-refractivity contribution in [2.24, 2.45) is 5.92 Å². The summed E-state index contributed by atoms with van der Waals surface area (Å²) in [6.07, 6.45) is 1.80. The van der Waals surface area contributed by atoms with E-state index in [1.54, 1.807) is 25.1 Å². The van der Waals surface area contributed by atoms with E-state index < -0.39 is 10.0 Å². The Morgan fingerprint density at radius 1 is 1.00 bits per heavy atom. The van der Waals surface area contributed by atoms with Gasteiger partial charge in [-0.1, -0.05) is 23.8 Å². The number of anilines is 2. The van der Waals surface area contributed by atoms with Crippen LogP contribution in [0.2, 0.25) is 0 Å². The molecule has 0 aliphatic heterocycles. The fraction of sp³-hybridized carbons (Fsp3) is 0.316. The largest absolute Gasteiger partial charge is 0.326 e. The molecule has 0 bridgehead atoms. The summed E-state index contributed by atoms with van der Waals surface area (Å²) in [6, 6.07) is 10.5. The Bertz CT molecular complexity index is 932. The minimum absolute atomic E-state index is 0.0467. The highest BCUT2D eigenvalue weighted by molar-refractivity contribution is 7.92. The first-order valence-corrected chi connectivity index (χ1v) is 9.76. The molecule has 0 heterocycles. The van der Waals surface area contributed by atoms with Gasteiger partial charge in [0.05, 0.1) is 10.6 Å². The van der Waals surface area contributed by atoms with Crippen LogP contribution in [0.1, 0.15) is 29.5 Å². The average molecular weight is 358 g/mol. The van der Waals surface area contributed by atoms with Gasteiger partial charge in [0.25, 0.3) is 10.0 Å². The summed E-state index contributed by atoms with van der Waals surface area (Å²) in [7, 11) is -3.74. The van der Waals surface area contributed by atoms with Crippen molar-refractivity contribution >= 4 is 27.3 Å². The van der Waals surface area contributed by atoms with Crippen molar-refractivity contribution in [3.63, 3.8) is 0 Å². The molecule has 0 unspecified atom stereocenters. The molecule has 0 saturated heterocycles. The van der Waals surface area contributed by atoms with Gasteiger partial charge in [-0.05, 0) is 62.9 Å². The van der Waals surface area contributed by atoms with Crippen molar-refractivity contribution in [3.05, 3.63) is 53.1 Å². The van der Waals surface area contributed by atoms with Gasteiger partial charge in [-0.15, -0.1) is 0 Å². The van der Waals surface area contributed by atoms with E-state index in [0.717, 1.165) is 24.0 Å². The Morgan fingerprint density at radius 3 is 2.36 bits per heavy atom. The lowest BCUT2D eigenvalue weighted by molar-refractivity contribution is -0.117. The summed E-state index contributed by atoms with van der Waals surface area (Å²) in [4.78, 5) is 12.1. The number of sulfonamides is 1. The number of benzene rings is 2. The molecule has 1 saturated carbocycles. The second kappa shape index (κ2) is 6.52. The fourth-order valence-corrected chi connectivity index (χ4v) is 4.09. The Hall–Kier alpha value is -2.34. The van der Waals surface area contributed by atoms with Crippen molar-refractivity contribution in [2.45, 2.75) is 38.5 Å². The molecular weight excluding hydrogens is 336 g/mol. The van der Waals surface area contributed by atoms with E-state index in [2.05, 4.69) is 10.0 Å². The van der Waals surface area contributed by atoms with Crippen LogP contribution in [0.15, 0.2) is 41.3 Å². The molecule has 3 rings (SSSR count).